The van der Waals surface area contributed by atoms with Crippen LogP contribution in [0.25, 0.3) is 11.2 Å². The number of benzene rings is 1. The zero-order chi connectivity index (χ0) is 23.7. The van der Waals surface area contributed by atoms with E-state index in [0.717, 1.165) is 12.1 Å². The molecule has 1 N–H and O–H groups in total. The minimum Gasteiger partial charge on any atom is -0.455 e. The molecule has 2 aromatic heterocycles. The molecule has 0 unspecified atom stereocenters. The summed E-state index contributed by atoms with van der Waals surface area (Å²) >= 11 is 0. The van der Waals surface area contributed by atoms with Crippen LogP contribution in [0.1, 0.15) is 20.1 Å². The smallest absolute Gasteiger partial charge is 0.303 e. The Bertz CT molecular complexity index is 1270. The van der Waals surface area contributed by atoms with Crippen LogP contribution in [0.3, 0.4) is 0 Å². The first-order valence-corrected chi connectivity index (χ1v) is 9.64. The summed E-state index contributed by atoms with van der Waals surface area (Å²) < 4.78 is 44.7. The normalized spacial score (nSPS) is 22.0. The highest BCUT2D eigenvalue weighted by atomic mass is 19.2. The number of halogens is 2. The Morgan fingerprint density at radius 1 is 1.12 bits per heavy atom. The van der Waals surface area contributed by atoms with Crippen molar-refractivity contribution in [2.24, 2.45) is 0 Å². The summed E-state index contributed by atoms with van der Waals surface area (Å²) in [6.07, 6.45) is 3.96. The highest BCUT2D eigenvalue weighted by Gasteiger charge is 2.50. The molecule has 0 aliphatic carbocycles. The van der Waals surface area contributed by atoms with E-state index in [9.17, 15) is 18.4 Å². The molecule has 0 amide bonds. The monoisotopic (exact) mass is 457 g/mol. The Morgan fingerprint density at radius 3 is 2.52 bits per heavy atom. The van der Waals surface area contributed by atoms with Gasteiger partial charge in [0.25, 0.3) is 0 Å². The van der Waals surface area contributed by atoms with Gasteiger partial charge in [0.1, 0.15) is 6.33 Å². The number of imidazole rings is 1. The van der Waals surface area contributed by atoms with E-state index in [2.05, 4.69) is 26.2 Å². The number of ether oxygens (including phenoxy) is 3. The zero-order valence-corrected chi connectivity index (χ0v) is 17.4. The van der Waals surface area contributed by atoms with Gasteiger partial charge in [0.2, 0.25) is 0 Å². The fourth-order valence-corrected chi connectivity index (χ4v) is 3.48. The van der Waals surface area contributed by atoms with Crippen LogP contribution in [0.2, 0.25) is 0 Å². The van der Waals surface area contributed by atoms with Gasteiger partial charge in [-0.15, -0.1) is 6.42 Å². The van der Waals surface area contributed by atoms with Crippen LogP contribution in [0.4, 0.5) is 20.3 Å². The Hall–Kier alpha value is -4.11. The fraction of sp³-hybridized carbons (Fsp3) is 0.286. The Balaban J connectivity index is 1.72. The minimum absolute atomic E-state index is 0.205. The number of terminal acetylenes is 1. The number of rotatable bonds is 5. The lowest BCUT2D eigenvalue weighted by molar-refractivity contribution is -0.165. The number of hydrogen-bond acceptors (Lipinski definition) is 9. The van der Waals surface area contributed by atoms with Gasteiger partial charge in [0, 0.05) is 25.6 Å². The van der Waals surface area contributed by atoms with Crippen molar-refractivity contribution in [1.82, 2.24) is 19.5 Å². The third-order valence-corrected chi connectivity index (χ3v) is 4.77. The van der Waals surface area contributed by atoms with Crippen molar-refractivity contribution in [3.63, 3.8) is 0 Å². The standard InChI is InChI=1S/C21H17F2N5O5/c1-4-15-17(31-10(2)29)18(32-11(3)30)21(33-15)28-9-26-16-19(24-8-25-20(16)28)27-12-5-6-13(22)14(23)7-12/h1,5-9,15,17-18,21H,2-3H3,(H,24,25,27)/t15-,17-,18-,21-/m1/s1. The molecule has 1 aliphatic rings. The second-order valence-corrected chi connectivity index (χ2v) is 7.06. The van der Waals surface area contributed by atoms with Crippen molar-refractivity contribution in [3.05, 3.63) is 42.5 Å². The molecule has 3 heterocycles. The Morgan fingerprint density at radius 2 is 1.85 bits per heavy atom. The first-order valence-electron chi connectivity index (χ1n) is 9.64. The van der Waals surface area contributed by atoms with E-state index < -0.39 is 48.1 Å². The highest BCUT2D eigenvalue weighted by molar-refractivity contribution is 5.85. The second-order valence-electron chi connectivity index (χ2n) is 7.06. The number of nitrogens with one attached hydrogen (secondary N) is 1. The molecular formula is C21H17F2N5O5. The maximum atomic E-state index is 13.6. The molecular weight excluding hydrogens is 440 g/mol. The first kappa shape index (κ1) is 22.1. The number of aromatic nitrogens is 4. The van der Waals surface area contributed by atoms with Crippen molar-refractivity contribution in [1.29, 1.82) is 0 Å². The van der Waals surface area contributed by atoms with Crippen LogP contribution in [0, 0.1) is 24.0 Å². The minimum atomic E-state index is -1.08. The molecule has 1 aromatic carbocycles. The van der Waals surface area contributed by atoms with E-state index in [1.165, 1.54) is 37.1 Å². The molecule has 0 bridgehead atoms. The van der Waals surface area contributed by atoms with Crippen molar-refractivity contribution < 1.29 is 32.6 Å². The van der Waals surface area contributed by atoms with Crippen molar-refractivity contribution in [2.45, 2.75) is 38.4 Å². The van der Waals surface area contributed by atoms with Crippen LogP contribution < -0.4 is 5.32 Å². The summed E-state index contributed by atoms with van der Waals surface area (Å²) in [6, 6.07) is 3.28. The van der Waals surface area contributed by atoms with Crippen molar-refractivity contribution in [2.75, 3.05) is 5.32 Å². The molecule has 33 heavy (non-hydrogen) atoms. The fourth-order valence-electron chi connectivity index (χ4n) is 3.48. The van der Waals surface area contributed by atoms with Gasteiger partial charge in [-0.1, -0.05) is 5.92 Å². The molecule has 0 saturated carbocycles. The summed E-state index contributed by atoms with van der Waals surface area (Å²) in [5.41, 5.74) is 0.762. The molecule has 1 aliphatic heterocycles. The second kappa shape index (κ2) is 8.79. The summed E-state index contributed by atoms with van der Waals surface area (Å²) in [7, 11) is 0. The number of carbonyl (C=O) groups is 2. The number of fused-ring (bicyclic) bond motifs is 1. The van der Waals surface area contributed by atoms with E-state index in [0.29, 0.717) is 0 Å². The highest BCUT2D eigenvalue weighted by Crippen LogP contribution is 2.36. The molecule has 12 heteroatoms. The summed E-state index contributed by atoms with van der Waals surface area (Å²) in [6.45, 7) is 2.39. The summed E-state index contributed by atoms with van der Waals surface area (Å²) in [4.78, 5) is 35.9. The van der Waals surface area contributed by atoms with Crippen LogP contribution in [-0.2, 0) is 23.8 Å². The van der Waals surface area contributed by atoms with Gasteiger partial charge in [-0.2, -0.15) is 0 Å². The molecule has 10 nitrogen and oxygen atoms in total. The molecule has 3 aromatic rings. The molecule has 4 atom stereocenters. The lowest BCUT2D eigenvalue weighted by Gasteiger charge is -2.23. The first-order chi connectivity index (χ1) is 15.8. The average molecular weight is 457 g/mol. The van der Waals surface area contributed by atoms with E-state index in [1.54, 1.807) is 0 Å². The van der Waals surface area contributed by atoms with Gasteiger partial charge in [0.05, 0.1) is 6.33 Å². The number of esters is 2. The molecule has 170 valence electrons. The van der Waals surface area contributed by atoms with E-state index in [1.807, 2.05) is 0 Å². The number of anilines is 2. The average Bonchev–Trinajstić information content (AvgIpc) is 3.32. The Kier molecular flexibility index (Phi) is 5.89. The Labute approximate surface area is 185 Å². The van der Waals surface area contributed by atoms with Crippen LogP contribution in [0.15, 0.2) is 30.9 Å². The lowest BCUT2D eigenvalue weighted by Crippen LogP contribution is -2.38. The van der Waals surface area contributed by atoms with Gasteiger partial charge in [-0.3, -0.25) is 14.2 Å². The maximum absolute atomic E-state index is 13.6. The molecule has 4 rings (SSSR count). The molecule has 1 fully saturated rings. The SMILES string of the molecule is C#C[C@H]1O[C@@H](n2cnc3c(Nc4ccc(F)c(F)c4)ncnc32)[C@H](OC(C)=O)[C@@H]1OC(C)=O. The van der Waals surface area contributed by atoms with Crippen molar-refractivity contribution in [3.8, 4) is 12.3 Å². The quantitative estimate of drug-likeness (QED) is 0.455. The van der Waals surface area contributed by atoms with Gasteiger partial charge >= 0.3 is 11.9 Å². The lowest BCUT2D eigenvalue weighted by atomic mass is 10.1. The van der Waals surface area contributed by atoms with E-state index >= 15 is 0 Å². The molecule has 0 spiro atoms. The van der Waals surface area contributed by atoms with E-state index in [4.69, 9.17) is 20.6 Å². The number of nitrogens with zero attached hydrogens (tertiary/aromatic N) is 4. The maximum Gasteiger partial charge on any atom is 0.303 e. The van der Waals surface area contributed by atoms with Gasteiger partial charge < -0.3 is 19.5 Å². The van der Waals surface area contributed by atoms with Gasteiger partial charge in [-0.05, 0) is 12.1 Å². The predicted octanol–water partition coefficient (Wildman–Crippen LogP) is 2.24. The third-order valence-electron chi connectivity index (χ3n) is 4.77. The third kappa shape index (κ3) is 4.31. The van der Waals surface area contributed by atoms with Crippen LogP contribution >= 0.6 is 0 Å². The van der Waals surface area contributed by atoms with Crippen LogP contribution in [0.5, 0.6) is 0 Å². The largest absolute Gasteiger partial charge is 0.455 e. The molecule has 1 saturated heterocycles. The number of carbonyl (C=O) groups excluding carboxylic acids is 2. The van der Waals surface area contributed by atoms with Gasteiger partial charge in [0.15, 0.2) is 53.2 Å². The topological polar surface area (TPSA) is 117 Å². The molecule has 0 radical (unpaired) electrons. The predicted molar refractivity (Wildman–Crippen MR) is 109 cm³/mol. The number of hydrogen-bond donors (Lipinski definition) is 1. The van der Waals surface area contributed by atoms with E-state index in [-0.39, 0.29) is 22.7 Å². The van der Waals surface area contributed by atoms with Crippen LogP contribution in [-0.4, -0.2) is 49.8 Å². The zero-order valence-electron chi connectivity index (χ0n) is 17.4. The van der Waals surface area contributed by atoms with Crippen molar-refractivity contribution >= 4 is 34.6 Å². The summed E-state index contributed by atoms with van der Waals surface area (Å²) in [5.74, 6) is -0.696. The van der Waals surface area contributed by atoms with Gasteiger partial charge in [-0.25, -0.2) is 23.7 Å². The summed E-state index contributed by atoms with van der Waals surface area (Å²) in [5, 5.41) is 2.86.